The number of hydrogen-bond donors (Lipinski definition) is 2. The first-order chi connectivity index (χ1) is 4.94. The van der Waals surface area contributed by atoms with Crippen molar-refractivity contribution >= 4 is 7.82 Å². The van der Waals surface area contributed by atoms with Crippen LogP contribution in [0, 0.1) is 0 Å². The van der Waals surface area contributed by atoms with Crippen molar-refractivity contribution in [3.63, 3.8) is 0 Å². The molecule has 0 unspecified atom stereocenters. The van der Waals surface area contributed by atoms with E-state index in [4.69, 9.17) is 15.4 Å². The molecule has 2 N–H and O–H groups in total. The Labute approximate surface area is 65.5 Å². The summed E-state index contributed by atoms with van der Waals surface area (Å²) in [6.45, 7) is 0. The molecule has 1 aliphatic heterocycles. The topological polar surface area (TPSA) is 129 Å². The molecule has 9 nitrogen and oxygen atoms in total. The van der Waals surface area contributed by atoms with Gasteiger partial charge in [0.1, 0.15) is 0 Å². The molecule has 0 atom stereocenters. The average molecular weight is 361 g/mol. The van der Waals surface area contributed by atoms with Gasteiger partial charge in [0.25, 0.3) is 0 Å². The van der Waals surface area contributed by atoms with Gasteiger partial charge in [-0.3, -0.25) is 4.89 Å². The van der Waals surface area contributed by atoms with Crippen LogP contribution >= 0.6 is 7.82 Å². The van der Waals surface area contributed by atoms with Crippen LogP contribution in [0.5, 0.6) is 0 Å². The molecular formula is H2O9PW. The van der Waals surface area contributed by atoms with Crippen LogP contribution in [0.1, 0.15) is 0 Å². The summed E-state index contributed by atoms with van der Waals surface area (Å²) >= 11 is -4.03. The first-order valence-corrected chi connectivity index (χ1v) is 6.97. The summed E-state index contributed by atoms with van der Waals surface area (Å²) < 4.78 is 41.5. The maximum absolute atomic E-state index is 9.88. The zero-order valence-corrected chi connectivity index (χ0v) is 8.44. The molecule has 1 fully saturated rings. The summed E-state index contributed by atoms with van der Waals surface area (Å²) in [6.07, 6.45) is 0. The third-order valence-corrected chi connectivity index (χ3v) is 0.776. The van der Waals surface area contributed by atoms with Gasteiger partial charge in [-0.15, -0.1) is 0 Å². The van der Waals surface area contributed by atoms with Crippen LogP contribution in [0.15, 0.2) is 0 Å². The molecule has 1 rings (SSSR count). The molecule has 0 radical (unpaired) electrons. The van der Waals surface area contributed by atoms with Gasteiger partial charge in [-0.25, -0.2) is 4.57 Å². The van der Waals surface area contributed by atoms with Crippen LogP contribution in [0.25, 0.3) is 0 Å². The molecule has 1 saturated heterocycles. The minimum atomic E-state index is -4.03. The van der Waals surface area contributed by atoms with Gasteiger partial charge in [0, 0.05) is 0 Å². The zero-order chi connectivity index (χ0) is 8.91. The van der Waals surface area contributed by atoms with E-state index in [0.717, 1.165) is 0 Å². The van der Waals surface area contributed by atoms with Crippen LogP contribution in [0.3, 0.4) is 0 Å². The third kappa shape index (κ3) is 8.18. The molecule has 1 aliphatic rings. The average Bonchev–Trinajstić information content (AvgIpc) is 2.11. The summed E-state index contributed by atoms with van der Waals surface area (Å²) in [5, 5.41) is 6.85. The molecule has 0 spiro atoms. The Morgan fingerprint density at radius 2 is 1.45 bits per heavy atom. The first-order valence-electron chi connectivity index (χ1n) is 1.76. The maximum atomic E-state index is 9.88. The minimum absolute atomic E-state index is 3.42. The van der Waals surface area contributed by atoms with Gasteiger partial charge < -0.3 is 0 Å². The monoisotopic (exact) mass is 361 g/mol. The summed E-state index contributed by atoms with van der Waals surface area (Å²) in [6, 6.07) is 0. The molecule has 0 aromatic heterocycles. The van der Waals surface area contributed by atoms with E-state index in [9.17, 15) is 4.57 Å². The van der Waals surface area contributed by atoms with Crippen LogP contribution in [-0.2, 0) is 48.4 Å². The Morgan fingerprint density at radius 3 is 1.55 bits per heavy atom. The fraction of sp³-hybridized carbons (Fsp3) is 0. The van der Waals surface area contributed by atoms with E-state index in [1.807, 2.05) is 0 Å². The second-order valence-corrected chi connectivity index (χ2v) is 3.77. The van der Waals surface area contributed by atoms with E-state index in [0.29, 0.717) is 0 Å². The molecule has 0 bridgehead atoms. The molecule has 0 aromatic rings. The fourth-order valence-corrected chi connectivity index (χ4v) is 0.343. The summed E-state index contributed by atoms with van der Waals surface area (Å²) in [5.74, 6) is 0. The van der Waals surface area contributed by atoms with E-state index in [-0.39, 0.29) is 0 Å². The second kappa shape index (κ2) is 5.02. The molecule has 11 heavy (non-hydrogen) atoms. The molecule has 11 heteroatoms. The summed E-state index contributed by atoms with van der Waals surface area (Å²) in [5.41, 5.74) is 0. The zero-order valence-electron chi connectivity index (χ0n) is 4.61. The number of rotatable bonds is 0. The Hall–Kier alpha value is 0.278. The quantitative estimate of drug-likeness (QED) is 0.417. The van der Waals surface area contributed by atoms with Gasteiger partial charge in [-0.2, -0.15) is 0 Å². The van der Waals surface area contributed by atoms with E-state index >= 15 is 0 Å². The van der Waals surface area contributed by atoms with Gasteiger partial charge in [0.2, 0.25) is 0 Å². The van der Waals surface area contributed by atoms with Crippen molar-refractivity contribution in [2.45, 2.75) is 0 Å². The third-order valence-electron chi connectivity index (χ3n) is 0.277. The van der Waals surface area contributed by atoms with Crippen LogP contribution in [0.2, 0.25) is 0 Å². The summed E-state index contributed by atoms with van der Waals surface area (Å²) in [7, 11) is -3.99. The molecular weight excluding hydrogens is 359 g/mol. The molecule has 0 aliphatic carbocycles. The fourth-order valence-electron chi connectivity index (χ4n) is 0.114. The molecule has 1 heterocycles. The molecule has 0 amide bonds. The van der Waals surface area contributed by atoms with Crippen LogP contribution < -0.4 is 0 Å². The van der Waals surface area contributed by atoms with Crippen molar-refractivity contribution in [2.75, 3.05) is 0 Å². The van der Waals surface area contributed by atoms with Crippen LogP contribution in [-0.4, -0.2) is 8.65 Å². The van der Waals surface area contributed by atoms with Crippen molar-refractivity contribution in [3.05, 3.63) is 0 Å². The van der Waals surface area contributed by atoms with Gasteiger partial charge in [0.15, 0.2) is 0 Å². The Balaban J connectivity index is 0.000000218. The van der Waals surface area contributed by atoms with E-state index < -0.39 is 25.4 Å². The van der Waals surface area contributed by atoms with Crippen LogP contribution in [0.4, 0.5) is 0 Å². The standard InChI is InChI=1S/HO6P.H2O.2O.W/c1-7(2)5-3-4-6-7;;;;/h(H,1,2);1H2;;;/q;;;;+1/p-1. The van der Waals surface area contributed by atoms with Gasteiger partial charge in [0.05, 0.1) is 0 Å². The number of phosphoric acid groups is 1. The summed E-state index contributed by atoms with van der Waals surface area (Å²) in [4.78, 5) is 8.06. The van der Waals surface area contributed by atoms with Crippen molar-refractivity contribution in [1.29, 1.82) is 0 Å². The normalized spacial score (nSPS) is 20.2. The SMILES string of the molecule is O=P1(O)OOOO1.[O]=[W](=[O])[OH]. The molecule has 0 aromatic carbocycles. The van der Waals surface area contributed by atoms with E-state index in [1.165, 1.54) is 0 Å². The van der Waals surface area contributed by atoms with Gasteiger partial charge in [-0.1, -0.05) is 9.35 Å². The van der Waals surface area contributed by atoms with E-state index in [1.54, 1.807) is 0 Å². The number of hydrogen-bond acceptors (Lipinski definition) is 7. The first kappa shape index (κ1) is 11.3. The van der Waals surface area contributed by atoms with Crippen molar-refractivity contribution in [3.8, 4) is 0 Å². The Bertz CT molecular complexity index is 196. The Kier molecular flexibility index (Phi) is 5.15. The van der Waals surface area contributed by atoms with Gasteiger partial charge in [-0.05, 0) is 10.1 Å². The van der Waals surface area contributed by atoms with Crippen molar-refractivity contribution in [2.24, 2.45) is 0 Å². The van der Waals surface area contributed by atoms with Crippen molar-refractivity contribution in [1.82, 2.24) is 0 Å². The second-order valence-electron chi connectivity index (χ2n) is 0.971. The predicted molar refractivity (Wildman–Crippen MR) is 17.8 cm³/mol. The van der Waals surface area contributed by atoms with Crippen molar-refractivity contribution < 1.29 is 57.1 Å². The molecule has 0 saturated carbocycles. The molecule has 67 valence electrons. The van der Waals surface area contributed by atoms with Gasteiger partial charge >= 0.3 is 36.0 Å². The van der Waals surface area contributed by atoms with E-state index in [2.05, 4.69) is 19.4 Å². The predicted octanol–water partition coefficient (Wildman–Crippen LogP) is -0.885. The Morgan fingerprint density at radius 1 is 1.18 bits per heavy atom.